The number of carbonyl (C=O) groups is 1. The Labute approximate surface area is 194 Å². The molecular weight excluding hydrogens is 433 g/mol. The van der Waals surface area contributed by atoms with E-state index in [0.717, 1.165) is 38.5 Å². The molecule has 2 heterocycles. The molecule has 3 rings (SSSR count). The first kappa shape index (κ1) is 25.4. The fourth-order valence-corrected chi connectivity index (χ4v) is 4.48. The lowest BCUT2D eigenvalue weighted by molar-refractivity contribution is -0.137. The van der Waals surface area contributed by atoms with Crippen LogP contribution < -0.4 is 15.5 Å². The Bertz CT molecular complexity index is 794. The Morgan fingerprint density at radius 1 is 1.12 bits per heavy atom. The van der Waals surface area contributed by atoms with Gasteiger partial charge in [-0.1, -0.05) is 6.92 Å². The Kier molecular flexibility index (Phi) is 8.00. The van der Waals surface area contributed by atoms with Crippen molar-refractivity contribution < 1.29 is 22.7 Å². The van der Waals surface area contributed by atoms with E-state index in [-0.39, 0.29) is 11.9 Å². The van der Waals surface area contributed by atoms with Crippen LogP contribution in [0.3, 0.4) is 0 Å². The molecule has 1 aromatic heterocycles. The molecule has 2 fully saturated rings. The van der Waals surface area contributed by atoms with Gasteiger partial charge in [-0.3, -0.25) is 0 Å². The summed E-state index contributed by atoms with van der Waals surface area (Å²) < 4.78 is 46.6. The van der Waals surface area contributed by atoms with Crippen molar-refractivity contribution in [3.05, 3.63) is 17.8 Å². The highest BCUT2D eigenvalue weighted by Crippen LogP contribution is 2.38. The Morgan fingerprint density at radius 2 is 1.76 bits per heavy atom. The molecule has 6 nitrogen and oxygen atoms in total. The Morgan fingerprint density at radius 3 is 2.33 bits per heavy atom. The molecule has 1 amide bonds. The van der Waals surface area contributed by atoms with E-state index >= 15 is 0 Å². The molecule has 1 aromatic rings. The SMILES string of the molecule is CC1CCN(c2ncc(NCC3CCC(NC(=O)OC(C)(C)C)CC3)cc2C(F)(F)F)CC1. The number of halogens is 3. The molecular formula is C24H37F3N4O2. The molecule has 9 heteroatoms. The fourth-order valence-electron chi connectivity index (χ4n) is 4.48. The second-order valence-electron chi connectivity index (χ2n) is 10.5. The van der Waals surface area contributed by atoms with Crippen LogP contribution in [0.15, 0.2) is 12.3 Å². The summed E-state index contributed by atoms with van der Waals surface area (Å²) in [5.41, 5.74) is -0.811. The minimum atomic E-state index is -4.45. The summed E-state index contributed by atoms with van der Waals surface area (Å²) in [5, 5.41) is 6.07. The average molecular weight is 471 g/mol. The highest BCUT2D eigenvalue weighted by atomic mass is 19.4. The molecule has 0 unspecified atom stereocenters. The van der Waals surface area contributed by atoms with E-state index in [9.17, 15) is 18.0 Å². The van der Waals surface area contributed by atoms with Gasteiger partial charge < -0.3 is 20.3 Å². The minimum absolute atomic E-state index is 0.0358. The number of amides is 1. The molecule has 0 bridgehead atoms. The number of carbonyl (C=O) groups excluding carboxylic acids is 1. The van der Waals surface area contributed by atoms with E-state index in [4.69, 9.17) is 4.74 Å². The molecule has 0 atom stereocenters. The standard InChI is InChI=1S/C24H37F3N4O2/c1-16-9-11-31(12-10-16)21-20(24(25,26)27)13-19(15-29-21)28-14-17-5-7-18(8-6-17)30-22(32)33-23(2,3)4/h13,15-18,28H,5-12,14H2,1-4H3,(H,30,32). The number of nitrogens with zero attached hydrogens (tertiary/aromatic N) is 2. The number of ether oxygens (including phenoxy) is 1. The van der Waals surface area contributed by atoms with Crippen molar-refractivity contribution in [2.24, 2.45) is 11.8 Å². The summed E-state index contributed by atoms with van der Waals surface area (Å²) in [5.74, 6) is 0.902. The van der Waals surface area contributed by atoms with Crippen molar-refractivity contribution in [1.82, 2.24) is 10.3 Å². The van der Waals surface area contributed by atoms with E-state index in [1.165, 1.54) is 12.3 Å². The quantitative estimate of drug-likeness (QED) is 0.567. The number of rotatable bonds is 5. The summed E-state index contributed by atoms with van der Waals surface area (Å²) in [7, 11) is 0. The normalized spacial score (nSPS) is 22.7. The smallest absolute Gasteiger partial charge is 0.420 e. The topological polar surface area (TPSA) is 66.5 Å². The van der Waals surface area contributed by atoms with Gasteiger partial charge in [-0.15, -0.1) is 0 Å². The van der Waals surface area contributed by atoms with Gasteiger partial charge in [0, 0.05) is 25.7 Å². The third-order valence-electron chi connectivity index (χ3n) is 6.42. The average Bonchev–Trinajstić information content (AvgIpc) is 2.72. The van der Waals surface area contributed by atoms with Gasteiger partial charge >= 0.3 is 12.3 Å². The van der Waals surface area contributed by atoms with Gasteiger partial charge in [0.05, 0.1) is 11.9 Å². The van der Waals surface area contributed by atoms with Crippen molar-refractivity contribution >= 4 is 17.6 Å². The molecule has 2 N–H and O–H groups in total. The van der Waals surface area contributed by atoms with Gasteiger partial charge in [0.2, 0.25) is 0 Å². The minimum Gasteiger partial charge on any atom is -0.444 e. The van der Waals surface area contributed by atoms with Crippen molar-refractivity contribution in [2.45, 2.75) is 84.0 Å². The molecule has 0 spiro atoms. The van der Waals surface area contributed by atoms with E-state index in [0.29, 0.717) is 37.2 Å². The molecule has 1 saturated heterocycles. The summed E-state index contributed by atoms with van der Waals surface area (Å²) in [6.07, 6.45) is 1.84. The van der Waals surface area contributed by atoms with E-state index < -0.39 is 23.4 Å². The maximum atomic E-state index is 13.8. The zero-order valence-corrected chi connectivity index (χ0v) is 20.1. The van der Waals surface area contributed by atoms with Crippen LogP contribution in [0, 0.1) is 11.8 Å². The summed E-state index contributed by atoms with van der Waals surface area (Å²) in [6, 6.07) is 1.26. The van der Waals surface area contributed by atoms with E-state index in [2.05, 4.69) is 22.5 Å². The molecule has 1 aliphatic heterocycles. The zero-order valence-electron chi connectivity index (χ0n) is 20.1. The van der Waals surface area contributed by atoms with Crippen LogP contribution in [0.25, 0.3) is 0 Å². The number of hydrogen-bond donors (Lipinski definition) is 2. The lowest BCUT2D eigenvalue weighted by Gasteiger charge is -2.33. The number of hydrogen-bond acceptors (Lipinski definition) is 5. The highest BCUT2D eigenvalue weighted by molar-refractivity contribution is 5.68. The molecule has 33 heavy (non-hydrogen) atoms. The molecule has 1 aliphatic carbocycles. The Hall–Kier alpha value is -2.19. The first-order chi connectivity index (χ1) is 15.4. The van der Waals surface area contributed by atoms with Gasteiger partial charge in [0.1, 0.15) is 17.0 Å². The number of piperidine rings is 1. The Balaban J connectivity index is 1.53. The van der Waals surface area contributed by atoms with Crippen molar-refractivity contribution in [2.75, 3.05) is 29.9 Å². The third-order valence-corrected chi connectivity index (χ3v) is 6.42. The molecule has 1 saturated carbocycles. The monoisotopic (exact) mass is 470 g/mol. The molecule has 0 aromatic carbocycles. The fraction of sp³-hybridized carbons (Fsp3) is 0.750. The van der Waals surface area contributed by atoms with Crippen molar-refractivity contribution in [1.29, 1.82) is 0 Å². The van der Waals surface area contributed by atoms with E-state index in [1.807, 2.05) is 20.8 Å². The van der Waals surface area contributed by atoms with Crippen LogP contribution in [0.2, 0.25) is 0 Å². The number of aromatic nitrogens is 1. The van der Waals surface area contributed by atoms with Gasteiger partial charge in [-0.2, -0.15) is 13.2 Å². The first-order valence-corrected chi connectivity index (χ1v) is 12.0. The van der Waals surface area contributed by atoms with Gasteiger partial charge in [-0.05, 0) is 77.2 Å². The lowest BCUT2D eigenvalue weighted by Crippen LogP contribution is -2.41. The number of pyridine rings is 1. The van der Waals surface area contributed by atoms with Crippen LogP contribution in [-0.2, 0) is 10.9 Å². The van der Waals surface area contributed by atoms with E-state index in [1.54, 1.807) is 4.90 Å². The zero-order chi connectivity index (χ0) is 24.2. The lowest BCUT2D eigenvalue weighted by atomic mass is 9.86. The van der Waals surface area contributed by atoms with Gasteiger partial charge in [-0.25, -0.2) is 9.78 Å². The maximum absolute atomic E-state index is 13.8. The van der Waals surface area contributed by atoms with Crippen LogP contribution in [0.4, 0.5) is 29.5 Å². The van der Waals surface area contributed by atoms with Crippen LogP contribution in [0.1, 0.15) is 71.8 Å². The van der Waals surface area contributed by atoms with Crippen LogP contribution in [0.5, 0.6) is 0 Å². The first-order valence-electron chi connectivity index (χ1n) is 12.0. The van der Waals surface area contributed by atoms with Crippen LogP contribution in [-0.4, -0.2) is 42.4 Å². The predicted octanol–water partition coefficient (Wildman–Crippen LogP) is 5.83. The highest BCUT2D eigenvalue weighted by Gasteiger charge is 2.37. The van der Waals surface area contributed by atoms with Crippen molar-refractivity contribution in [3.63, 3.8) is 0 Å². The predicted molar refractivity (Wildman–Crippen MR) is 123 cm³/mol. The number of alkyl carbamates (subject to hydrolysis) is 1. The second-order valence-corrected chi connectivity index (χ2v) is 10.5. The maximum Gasteiger partial charge on any atom is 0.420 e. The molecule has 0 radical (unpaired) electrons. The van der Waals surface area contributed by atoms with Crippen molar-refractivity contribution in [3.8, 4) is 0 Å². The van der Waals surface area contributed by atoms with Crippen LogP contribution >= 0.6 is 0 Å². The third kappa shape index (κ3) is 7.67. The summed E-state index contributed by atoms with van der Waals surface area (Å²) in [6.45, 7) is 9.40. The number of anilines is 2. The largest absolute Gasteiger partial charge is 0.444 e. The number of nitrogens with one attached hydrogen (secondary N) is 2. The summed E-state index contributed by atoms with van der Waals surface area (Å²) in [4.78, 5) is 17.9. The number of alkyl halides is 3. The second kappa shape index (κ2) is 10.4. The van der Waals surface area contributed by atoms with Gasteiger partial charge in [0.25, 0.3) is 0 Å². The van der Waals surface area contributed by atoms with Gasteiger partial charge in [0.15, 0.2) is 0 Å². The molecule has 2 aliphatic rings. The summed E-state index contributed by atoms with van der Waals surface area (Å²) >= 11 is 0. The molecule has 186 valence electrons.